The molecule has 0 saturated heterocycles. The van der Waals surface area contributed by atoms with E-state index >= 15 is 0 Å². The molecule has 0 aliphatic rings. The van der Waals surface area contributed by atoms with Gasteiger partial charge in [-0.25, -0.2) is 0 Å². The third kappa shape index (κ3) is 7.97. The van der Waals surface area contributed by atoms with Gasteiger partial charge in [0.05, 0.1) is 6.42 Å². The fourth-order valence-electron chi connectivity index (χ4n) is 2.20. The zero-order chi connectivity index (χ0) is 15.4. The van der Waals surface area contributed by atoms with Crippen molar-refractivity contribution in [3.8, 4) is 0 Å². The summed E-state index contributed by atoms with van der Waals surface area (Å²) in [6.45, 7) is 7.26. The monoisotopic (exact) mass is 283 g/mol. The number of hydrogen-bond donors (Lipinski definition) is 1. The molecule has 0 aliphatic carbocycles. The Morgan fingerprint density at radius 3 is 2.20 bits per heavy atom. The number of carbonyl (C=O) groups is 2. The molecule has 0 saturated carbocycles. The van der Waals surface area contributed by atoms with Crippen molar-refractivity contribution in [3.63, 3.8) is 0 Å². The summed E-state index contributed by atoms with van der Waals surface area (Å²) < 4.78 is 0. The Morgan fingerprint density at radius 1 is 1.10 bits per heavy atom. The lowest BCUT2D eigenvalue weighted by Gasteiger charge is -2.24. The first-order valence-electron chi connectivity index (χ1n) is 7.72. The first kappa shape index (κ1) is 18.7. The molecular weight excluding hydrogens is 254 g/mol. The Labute approximate surface area is 122 Å². The molecule has 1 atom stereocenters. The zero-order valence-corrected chi connectivity index (χ0v) is 13.1. The second-order valence-corrected chi connectivity index (χ2v) is 5.00. The van der Waals surface area contributed by atoms with Crippen molar-refractivity contribution in [2.45, 2.75) is 59.3 Å². The Morgan fingerprint density at radius 2 is 1.70 bits per heavy atom. The van der Waals surface area contributed by atoms with E-state index in [0.29, 0.717) is 19.5 Å². The lowest BCUT2D eigenvalue weighted by molar-refractivity contribution is -0.144. The van der Waals surface area contributed by atoms with E-state index < -0.39 is 5.97 Å². The summed E-state index contributed by atoms with van der Waals surface area (Å²) in [7, 11) is 0. The second kappa shape index (κ2) is 11.5. The highest BCUT2D eigenvalue weighted by Gasteiger charge is 2.24. The Kier molecular flexibility index (Phi) is 10.7. The summed E-state index contributed by atoms with van der Waals surface area (Å²) >= 11 is 0. The molecule has 1 unspecified atom stereocenters. The van der Waals surface area contributed by atoms with Crippen molar-refractivity contribution in [1.29, 1.82) is 0 Å². The van der Waals surface area contributed by atoms with E-state index in [-0.39, 0.29) is 18.2 Å². The van der Waals surface area contributed by atoms with E-state index in [9.17, 15) is 9.59 Å². The molecule has 0 rings (SSSR count). The molecule has 0 spiro atoms. The average Bonchev–Trinajstić information content (AvgIpc) is 2.42. The van der Waals surface area contributed by atoms with Crippen LogP contribution in [0.25, 0.3) is 0 Å². The highest BCUT2D eigenvalue weighted by molar-refractivity contribution is 5.83. The Balaban J connectivity index is 4.34. The Hall–Kier alpha value is -1.32. The van der Waals surface area contributed by atoms with Crippen molar-refractivity contribution in [1.82, 2.24) is 4.90 Å². The number of unbranched alkanes of at least 4 members (excludes halogenated alkanes) is 2. The largest absolute Gasteiger partial charge is 0.481 e. The van der Waals surface area contributed by atoms with E-state index in [1.165, 1.54) is 0 Å². The highest BCUT2D eigenvalue weighted by atomic mass is 16.4. The number of hydrogen-bond acceptors (Lipinski definition) is 2. The van der Waals surface area contributed by atoms with Crippen LogP contribution in [-0.4, -0.2) is 35.0 Å². The smallest absolute Gasteiger partial charge is 0.304 e. The molecule has 1 N–H and O–H groups in total. The molecular formula is C16H29NO3. The van der Waals surface area contributed by atoms with Gasteiger partial charge in [-0.05, 0) is 39.5 Å². The van der Waals surface area contributed by atoms with Crippen LogP contribution in [0.15, 0.2) is 12.2 Å². The molecule has 0 heterocycles. The molecule has 20 heavy (non-hydrogen) atoms. The predicted octanol–water partition coefficient (Wildman–Crippen LogP) is 3.47. The summed E-state index contributed by atoms with van der Waals surface area (Å²) in [6, 6.07) is 0. The third-order valence-corrected chi connectivity index (χ3v) is 3.39. The summed E-state index contributed by atoms with van der Waals surface area (Å²) in [5.41, 5.74) is 0. The number of rotatable bonds is 11. The van der Waals surface area contributed by atoms with Crippen LogP contribution in [0.2, 0.25) is 0 Å². The van der Waals surface area contributed by atoms with Crippen molar-refractivity contribution in [3.05, 3.63) is 12.2 Å². The van der Waals surface area contributed by atoms with E-state index in [2.05, 4.69) is 19.1 Å². The predicted molar refractivity (Wildman–Crippen MR) is 81.6 cm³/mol. The van der Waals surface area contributed by atoms with Crippen molar-refractivity contribution < 1.29 is 14.7 Å². The Bertz CT molecular complexity index is 309. The lowest BCUT2D eigenvalue weighted by atomic mass is 9.96. The number of carboxylic acid groups (broad SMARTS) is 1. The molecule has 0 aromatic heterocycles. The molecule has 4 heteroatoms. The second-order valence-electron chi connectivity index (χ2n) is 5.00. The van der Waals surface area contributed by atoms with Gasteiger partial charge in [-0.3, -0.25) is 9.59 Å². The van der Waals surface area contributed by atoms with Crippen molar-refractivity contribution >= 4 is 11.9 Å². The van der Waals surface area contributed by atoms with Gasteiger partial charge in [0.2, 0.25) is 5.91 Å². The summed E-state index contributed by atoms with van der Waals surface area (Å²) in [5.74, 6) is -1.29. The maximum atomic E-state index is 12.3. The molecule has 0 aromatic carbocycles. The van der Waals surface area contributed by atoms with Gasteiger partial charge in [0.15, 0.2) is 0 Å². The normalized spacial score (nSPS) is 12.6. The zero-order valence-electron chi connectivity index (χ0n) is 13.1. The van der Waals surface area contributed by atoms with Crippen molar-refractivity contribution in [2.75, 3.05) is 13.1 Å². The first-order chi connectivity index (χ1) is 9.56. The van der Waals surface area contributed by atoms with Crippen LogP contribution < -0.4 is 0 Å². The molecule has 4 nitrogen and oxygen atoms in total. The first-order valence-corrected chi connectivity index (χ1v) is 7.72. The summed E-state index contributed by atoms with van der Waals surface area (Å²) in [6.07, 6.45) is 8.87. The van der Waals surface area contributed by atoms with Crippen molar-refractivity contribution in [2.24, 2.45) is 5.92 Å². The maximum absolute atomic E-state index is 12.3. The molecule has 0 radical (unpaired) electrons. The van der Waals surface area contributed by atoms with Crippen LogP contribution in [0.3, 0.4) is 0 Å². The van der Waals surface area contributed by atoms with E-state index in [0.717, 1.165) is 25.7 Å². The van der Waals surface area contributed by atoms with E-state index in [4.69, 9.17) is 5.11 Å². The quantitative estimate of drug-likeness (QED) is 0.466. The highest BCUT2D eigenvalue weighted by Crippen LogP contribution is 2.17. The lowest BCUT2D eigenvalue weighted by Crippen LogP contribution is -2.36. The summed E-state index contributed by atoms with van der Waals surface area (Å²) in [4.78, 5) is 24.9. The minimum Gasteiger partial charge on any atom is -0.481 e. The third-order valence-electron chi connectivity index (χ3n) is 3.39. The van der Waals surface area contributed by atoms with Crippen LogP contribution in [0, 0.1) is 5.92 Å². The number of carbonyl (C=O) groups excluding carboxylic acids is 1. The standard InChI is InChI=1S/C16H29NO3/c1-4-7-8-9-10-11-12-14(13-15(18)19)16(20)17(5-2)6-3/h8-9,14H,4-7,10-13H2,1-3H3,(H,18,19)/b9-8+. The van der Waals surface area contributed by atoms with Crippen LogP contribution in [0.1, 0.15) is 59.3 Å². The average molecular weight is 283 g/mol. The van der Waals surface area contributed by atoms with Crippen LogP contribution in [0.4, 0.5) is 0 Å². The number of amides is 1. The number of nitrogens with zero attached hydrogens (tertiary/aromatic N) is 1. The van der Waals surface area contributed by atoms with Gasteiger partial charge in [-0.2, -0.15) is 0 Å². The van der Waals surface area contributed by atoms with Gasteiger partial charge in [0.25, 0.3) is 0 Å². The molecule has 0 fully saturated rings. The van der Waals surface area contributed by atoms with E-state index in [1.807, 2.05) is 13.8 Å². The van der Waals surface area contributed by atoms with Gasteiger partial charge in [-0.1, -0.05) is 25.5 Å². The molecule has 1 amide bonds. The fourth-order valence-corrected chi connectivity index (χ4v) is 2.20. The topological polar surface area (TPSA) is 57.6 Å². The van der Waals surface area contributed by atoms with Gasteiger partial charge in [-0.15, -0.1) is 0 Å². The molecule has 116 valence electrons. The molecule has 0 aromatic rings. The van der Waals surface area contributed by atoms with Gasteiger partial charge in [0, 0.05) is 19.0 Å². The van der Waals surface area contributed by atoms with Gasteiger partial charge < -0.3 is 10.0 Å². The molecule has 0 aliphatic heterocycles. The maximum Gasteiger partial charge on any atom is 0.304 e. The summed E-state index contributed by atoms with van der Waals surface area (Å²) in [5, 5.41) is 8.95. The minimum absolute atomic E-state index is 0.0186. The number of carboxylic acids is 1. The SMILES string of the molecule is CCC/C=C/CCCC(CC(=O)O)C(=O)N(CC)CC. The van der Waals surface area contributed by atoms with Gasteiger partial charge >= 0.3 is 5.97 Å². The minimum atomic E-state index is -0.892. The van der Waals surface area contributed by atoms with Crippen LogP contribution >= 0.6 is 0 Å². The van der Waals surface area contributed by atoms with Crippen LogP contribution in [-0.2, 0) is 9.59 Å². The molecule has 0 bridgehead atoms. The van der Waals surface area contributed by atoms with Gasteiger partial charge in [0.1, 0.15) is 0 Å². The van der Waals surface area contributed by atoms with E-state index in [1.54, 1.807) is 4.90 Å². The fraction of sp³-hybridized carbons (Fsp3) is 0.750. The van der Waals surface area contributed by atoms with Crippen LogP contribution in [0.5, 0.6) is 0 Å². The number of aliphatic carboxylic acids is 1. The number of allylic oxidation sites excluding steroid dienone is 2.